The fourth-order valence-electron chi connectivity index (χ4n) is 2.25. The maximum Gasteiger partial charge on any atom is 0.267 e. The third-order valence-electron chi connectivity index (χ3n) is 3.40. The highest BCUT2D eigenvalue weighted by Gasteiger charge is 2.26. The number of amides is 1. The summed E-state index contributed by atoms with van der Waals surface area (Å²) in [6, 6.07) is 13.0. The Labute approximate surface area is 128 Å². The van der Waals surface area contributed by atoms with E-state index in [4.69, 9.17) is 16.3 Å². The van der Waals surface area contributed by atoms with Gasteiger partial charge in [-0.05, 0) is 30.7 Å². The Hall–Kier alpha value is -2.20. The molecule has 1 atom stereocenters. The molecule has 2 aromatic carbocycles. The number of ether oxygens (including phenoxy) is 1. The van der Waals surface area contributed by atoms with Crippen LogP contribution in [0.5, 0.6) is 5.75 Å². The first-order valence-corrected chi connectivity index (χ1v) is 7.08. The lowest BCUT2D eigenvalue weighted by atomic mass is 10.1. The number of carbonyl (C=O) groups is 1. The Kier molecular flexibility index (Phi) is 3.71. The fraction of sp³-hybridized carbons (Fsp3) is 0.188. The first-order chi connectivity index (χ1) is 10.1. The molecule has 1 amide bonds. The summed E-state index contributed by atoms with van der Waals surface area (Å²) in [5, 5.41) is 6.55. The molecule has 5 heteroatoms. The third kappa shape index (κ3) is 2.81. The third-order valence-corrected chi connectivity index (χ3v) is 3.71. The molecule has 0 aliphatic carbocycles. The van der Waals surface area contributed by atoms with Crippen LogP contribution in [0.2, 0.25) is 5.02 Å². The lowest BCUT2D eigenvalue weighted by Gasteiger charge is -2.26. The number of para-hydroxylation sites is 3. The van der Waals surface area contributed by atoms with Crippen molar-refractivity contribution in [1.29, 1.82) is 0 Å². The van der Waals surface area contributed by atoms with Gasteiger partial charge in [-0.3, -0.25) is 4.79 Å². The second-order valence-electron chi connectivity index (χ2n) is 4.90. The molecule has 3 rings (SSSR count). The van der Waals surface area contributed by atoms with Crippen molar-refractivity contribution < 1.29 is 9.53 Å². The maximum absolute atomic E-state index is 12.3. The van der Waals surface area contributed by atoms with Crippen LogP contribution < -0.4 is 15.4 Å². The molecule has 0 aromatic heterocycles. The summed E-state index contributed by atoms with van der Waals surface area (Å²) in [5.74, 6) is 0.466. The molecule has 1 aliphatic heterocycles. The number of benzene rings is 2. The van der Waals surface area contributed by atoms with E-state index in [2.05, 4.69) is 10.6 Å². The summed E-state index contributed by atoms with van der Waals surface area (Å²) < 4.78 is 5.73. The van der Waals surface area contributed by atoms with Crippen LogP contribution in [0.4, 0.5) is 11.4 Å². The number of hydrogen-bond acceptors (Lipinski definition) is 3. The summed E-state index contributed by atoms with van der Waals surface area (Å²) in [5.41, 5.74) is 2.45. The van der Waals surface area contributed by atoms with Crippen LogP contribution >= 0.6 is 11.6 Å². The molecular weight excluding hydrogens is 288 g/mol. The van der Waals surface area contributed by atoms with Crippen molar-refractivity contribution in [3.63, 3.8) is 0 Å². The van der Waals surface area contributed by atoms with Gasteiger partial charge >= 0.3 is 0 Å². The quantitative estimate of drug-likeness (QED) is 0.893. The van der Waals surface area contributed by atoms with Gasteiger partial charge in [-0.1, -0.05) is 35.9 Å². The van der Waals surface area contributed by atoms with E-state index in [1.165, 1.54) is 0 Å². The summed E-state index contributed by atoms with van der Waals surface area (Å²) in [6.07, 6.45) is -0.587. The van der Waals surface area contributed by atoms with Crippen molar-refractivity contribution in [2.24, 2.45) is 0 Å². The fourth-order valence-corrected chi connectivity index (χ4v) is 2.52. The zero-order chi connectivity index (χ0) is 14.8. The van der Waals surface area contributed by atoms with E-state index in [1.807, 2.05) is 43.3 Å². The van der Waals surface area contributed by atoms with E-state index in [0.29, 0.717) is 23.0 Å². The Bertz CT molecular complexity index is 667. The van der Waals surface area contributed by atoms with Gasteiger partial charge in [0, 0.05) is 0 Å². The number of anilines is 2. The van der Waals surface area contributed by atoms with E-state index < -0.39 is 6.10 Å². The van der Waals surface area contributed by atoms with Gasteiger partial charge in [0.05, 0.1) is 22.9 Å². The average Bonchev–Trinajstić information content (AvgIpc) is 2.50. The first kappa shape index (κ1) is 13.8. The zero-order valence-corrected chi connectivity index (χ0v) is 12.3. The van der Waals surface area contributed by atoms with Crippen molar-refractivity contribution in [3.8, 4) is 5.75 Å². The Balaban J connectivity index is 1.76. The summed E-state index contributed by atoms with van der Waals surface area (Å²) in [6.45, 7) is 2.32. The van der Waals surface area contributed by atoms with Crippen LogP contribution in [0, 0.1) is 6.92 Å². The van der Waals surface area contributed by atoms with Crippen molar-refractivity contribution in [2.75, 3.05) is 17.2 Å². The molecule has 2 N–H and O–H groups in total. The standard InChI is InChI=1S/C16H15ClN2O2/c1-10-5-4-6-11(17)15(10)19-16(20)14-9-18-12-7-2-3-8-13(12)21-14/h2-8,14,18H,9H2,1H3,(H,19,20). The molecule has 0 saturated heterocycles. The highest BCUT2D eigenvalue weighted by Crippen LogP contribution is 2.29. The summed E-state index contributed by atoms with van der Waals surface area (Å²) >= 11 is 6.12. The predicted octanol–water partition coefficient (Wildman–Crippen LogP) is 3.46. The lowest BCUT2D eigenvalue weighted by Crippen LogP contribution is -2.41. The Morgan fingerprint density at radius 3 is 2.90 bits per heavy atom. The second kappa shape index (κ2) is 5.66. The Morgan fingerprint density at radius 1 is 1.29 bits per heavy atom. The van der Waals surface area contributed by atoms with Gasteiger partial charge in [0.15, 0.2) is 6.10 Å². The van der Waals surface area contributed by atoms with Crippen molar-refractivity contribution >= 4 is 28.9 Å². The molecule has 4 nitrogen and oxygen atoms in total. The van der Waals surface area contributed by atoms with Gasteiger partial charge in [-0.15, -0.1) is 0 Å². The molecule has 2 aromatic rings. The molecule has 1 aliphatic rings. The van der Waals surface area contributed by atoms with Gasteiger partial charge in [0.1, 0.15) is 5.75 Å². The van der Waals surface area contributed by atoms with Gasteiger partial charge in [0.25, 0.3) is 5.91 Å². The molecule has 0 fully saturated rings. The van der Waals surface area contributed by atoms with E-state index in [1.54, 1.807) is 6.07 Å². The number of hydrogen-bond donors (Lipinski definition) is 2. The molecule has 1 unspecified atom stereocenters. The molecule has 0 saturated carbocycles. The van der Waals surface area contributed by atoms with Gasteiger partial charge in [0.2, 0.25) is 0 Å². The maximum atomic E-state index is 12.3. The van der Waals surface area contributed by atoms with E-state index >= 15 is 0 Å². The van der Waals surface area contributed by atoms with Crippen LogP contribution in [0.25, 0.3) is 0 Å². The lowest BCUT2D eigenvalue weighted by molar-refractivity contribution is -0.122. The zero-order valence-electron chi connectivity index (χ0n) is 11.5. The SMILES string of the molecule is Cc1cccc(Cl)c1NC(=O)C1CNc2ccccc2O1. The molecule has 0 spiro atoms. The molecule has 0 radical (unpaired) electrons. The van der Waals surface area contributed by atoms with Crippen LogP contribution in [0.1, 0.15) is 5.56 Å². The monoisotopic (exact) mass is 302 g/mol. The average molecular weight is 303 g/mol. The van der Waals surface area contributed by atoms with Gasteiger partial charge in [-0.2, -0.15) is 0 Å². The predicted molar refractivity (Wildman–Crippen MR) is 84.2 cm³/mol. The highest BCUT2D eigenvalue weighted by atomic mass is 35.5. The minimum absolute atomic E-state index is 0.215. The molecule has 1 heterocycles. The number of aryl methyl sites for hydroxylation is 1. The largest absolute Gasteiger partial charge is 0.477 e. The molecule has 0 bridgehead atoms. The smallest absolute Gasteiger partial charge is 0.267 e. The minimum Gasteiger partial charge on any atom is -0.477 e. The summed E-state index contributed by atoms with van der Waals surface area (Å²) in [4.78, 5) is 12.3. The van der Waals surface area contributed by atoms with Crippen LogP contribution in [0.3, 0.4) is 0 Å². The number of carbonyl (C=O) groups excluding carboxylic acids is 1. The van der Waals surface area contributed by atoms with Crippen LogP contribution in [-0.4, -0.2) is 18.6 Å². The van der Waals surface area contributed by atoms with Crippen LogP contribution in [-0.2, 0) is 4.79 Å². The van der Waals surface area contributed by atoms with Crippen molar-refractivity contribution in [1.82, 2.24) is 0 Å². The minimum atomic E-state index is -0.587. The topological polar surface area (TPSA) is 50.4 Å². The van der Waals surface area contributed by atoms with Gasteiger partial charge < -0.3 is 15.4 Å². The highest BCUT2D eigenvalue weighted by molar-refractivity contribution is 6.34. The molecule has 21 heavy (non-hydrogen) atoms. The van der Waals surface area contributed by atoms with E-state index in [9.17, 15) is 4.79 Å². The summed E-state index contributed by atoms with van der Waals surface area (Å²) in [7, 11) is 0. The number of halogens is 1. The normalized spacial score (nSPS) is 16.4. The second-order valence-corrected chi connectivity index (χ2v) is 5.31. The van der Waals surface area contributed by atoms with E-state index in [-0.39, 0.29) is 5.91 Å². The van der Waals surface area contributed by atoms with Gasteiger partial charge in [-0.25, -0.2) is 0 Å². The number of rotatable bonds is 2. The number of nitrogens with one attached hydrogen (secondary N) is 2. The molecule has 108 valence electrons. The molecular formula is C16H15ClN2O2. The number of fused-ring (bicyclic) bond motifs is 1. The first-order valence-electron chi connectivity index (χ1n) is 6.70. The Morgan fingerprint density at radius 2 is 2.10 bits per heavy atom. The van der Waals surface area contributed by atoms with Crippen LogP contribution in [0.15, 0.2) is 42.5 Å². The van der Waals surface area contributed by atoms with Crippen molar-refractivity contribution in [2.45, 2.75) is 13.0 Å². The van der Waals surface area contributed by atoms with Crippen molar-refractivity contribution in [3.05, 3.63) is 53.1 Å². The van der Waals surface area contributed by atoms with E-state index in [0.717, 1.165) is 11.3 Å².